The van der Waals surface area contributed by atoms with Gasteiger partial charge in [0.05, 0.1) is 6.61 Å². The number of carbonyl (C=O) groups excluding carboxylic acids is 1. The van der Waals surface area contributed by atoms with Crippen molar-refractivity contribution in [1.29, 1.82) is 0 Å². The number of aromatic nitrogens is 1. The second-order valence-electron chi connectivity index (χ2n) is 8.35. The lowest BCUT2D eigenvalue weighted by molar-refractivity contribution is -0.133. The molecule has 0 aliphatic carbocycles. The predicted molar refractivity (Wildman–Crippen MR) is 122 cm³/mol. The summed E-state index contributed by atoms with van der Waals surface area (Å²) in [6.45, 7) is 4.48. The molecule has 1 N–H and O–H groups in total. The number of hydrogen-bond acceptors (Lipinski definition) is 2. The summed E-state index contributed by atoms with van der Waals surface area (Å²) in [5.41, 5.74) is 3.77. The maximum Gasteiger partial charge on any atom is 0.222 e. The molecule has 0 bridgehead atoms. The zero-order valence-electron chi connectivity index (χ0n) is 17.9. The van der Waals surface area contributed by atoms with Gasteiger partial charge in [0.2, 0.25) is 5.91 Å². The topological polar surface area (TPSA) is 45.3 Å². The Labute approximate surface area is 179 Å². The van der Waals surface area contributed by atoms with Crippen molar-refractivity contribution in [2.75, 3.05) is 19.7 Å². The Bertz CT molecular complexity index is 964. The normalized spacial score (nSPS) is 16.7. The Morgan fingerprint density at radius 2 is 2.07 bits per heavy atom. The fourth-order valence-corrected chi connectivity index (χ4v) is 4.61. The van der Waals surface area contributed by atoms with Crippen molar-refractivity contribution in [1.82, 2.24) is 9.88 Å². The van der Waals surface area contributed by atoms with Gasteiger partial charge in [-0.3, -0.25) is 4.79 Å². The van der Waals surface area contributed by atoms with E-state index < -0.39 is 0 Å². The number of piperidine rings is 1. The third-order valence-corrected chi connectivity index (χ3v) is 6.13. The van der Waals surface area contributed by atoms with E-state index in [1.54, 1.807) is 0 Å². The summed E-state index contributed by atoms with van der Waals surface area (Å²) in [7, 11) is 0. The van der Waals surface area contributed by atoms with Crippen molar-refractivity contribution < 1.29 is 9.53 Å². The van der Waals surface area contributed by atoms with Gasteiger partial charge < -0.3 is 14.6 Å². The molecule has 1 fully saturated rings. The number of carbonyl (C=O) groups is 1. The minimum Gasteiger partial charge on any atom is -0.494 e. The average Bonchev–Trinajstić information content (AvgIpc) is 3.17. The molecule has 1 amide bonds. The molecule has 158 valence electrons. The van der Waals surface area contributed by atoms with Gasteiger partial charge in [-0.1, -0.05) is 30.3 Å². The van der Waals surface area contributed by atoms with Crippen LogP contribution in [0.15, 0.2) is 54.7 Å². The Kier molecular flexibility index (Phi) is 6.73. The highest BCUT2D eigenvalue weighted by Crippen LogP contribution is 2.26. The molecule has 4 heteroatoms. The van der Waals surface area contributed by atoms with E-state index in [9.17, 15) is 4.79 Å². The molecule has 30 heavy (non-hydrogen) atoms. The second kappa shape index (κ2) is 9.84. The van der Waals surface area contributed by atoms with Crippen molar-refractivity contribution in [3.05, 3.63) is 65.9 Å². The third-order valence-electron chi connectivity index (χ3n) is 6.13. The van der Waals surface area contributed by atoms with E-state index in [0.29, 0.717) is 24.9 Å². The van der Waals surface area contributed by atoms with Crippen LogP contribution in [-0.4, -0.2) is 35.5 Å². The summed E-state index contributed by atoms with van der Waals surface area (Å²) < 4.78 is 5.64. The first-order valence-electron chi connectivity index (χ1n) is 11.3. The van der Waals surface area contributed by atoms with Crippen LogP contribution in [-0.2, 0) is 17.6 Å². The molecule has 4 nitrogen and oxygen atoms in total. The molecule has 1 aliphatic heterocycles. The van der Waals surface area contributed by atoms with Crippen LogP contribution in [0, 0.1) is 5.92 Å². The molecule has 1 atom stereocenters. The molecule has 2 heterocycles. The molecule has 0 saturated carbocycles. The average molecular weight is 405 g/mol. The Balaban J connectivity index is 1.29. The standard InChI is InChI=1S/C26H32N2O2/c1-2-30-23-13-14-25-24(17-23)22(18-27-25)11-6-12-26(29)28-15-7-10-21(19-28)16-20-8-4-3-5-9-20/h3-5,8-9,13-14,17-18,21,27H,2,6-7,10-12,15-16,19H2,1H3. The van der Waals surface area contributed by atoms with E-state index >= 15 is 0 Å². The van der Waals surface area contributed by atoms with Crippen LogP contribution in [0.25, 0.3) is 10.9 Å². The van der Waals surface area contributed by atoms with Crippen molar-refractivity contribution in [2.24, 2.45) is 5.92 Å². The predicted octanol–water partition coefficient (Wildman–Crippen LogP) is 5.37. The molecule has 0 spiro atoms. The van der Waals surface area contributed by atoms with Gasteiger partial charge in [0.25, 0.3) is 0 Å². The van der Waals surface area contributed by atoms with E-state index in [4.69, 9.17) is 4.74 Å². The summed E-state index contributed by atoms with van der Waals surface area (Å²) in [5.74, 6) is 1.79. The van der Waals surface area contributed by atoms with E-state index in [1.165, 1.54) is 22.9 Å². The summed E-state index contributed by atoms with van der Waals surface area (Å²) in [5, 5.41) is 1.20. The van der Waals surface area contributed by atoms with Gasteiger partial charge >= 0.3 is 0 Å². The lowest BCUT2D eigenvalue weighted by Crippen LogP contribution is -2.40. The van der Waals surface area contributed by atoms with Gasteiger partial charge in [-0.15, -0.1) is 0 Å². The number of fused-ring (bicyclic) bond motifs is 1. The zero-order valence-corrected chi connectivity index (χ0v) is 17.9. The lowest BCUT2D eigenvalue weighted by atomic mass is 9.91. The number of nitrogens with one attached hydrogen (secondary N) is 1. The van der Waals surface area contributed by atoms with Crippen molar-refractivity contribution in [3.8, 4) is 5.75 Å². The summed E-state index contributed by atoms with van der Waals surface area (Å²) in [6.07, 6.45) is 7.88. The Hall–Kier alpha value is -2.75. The van der Waals surface area contributed by atoms with Gasteiger partial charge in [0.15, 0.2) is 0 Å². The Morgan fingerprint density at radius 1 is 1.20 bits per heavy atom. The van der Waals surface area contributed by atoms with Crippen LogP contribution < -0.4 is 4.74 Å². The van der Waals surface area contributed by atoms with E-state index in [1.807, 2.05) is 13.0 Å². The maximum atomic E-state index is 12.8. The number of amides is 1. The highest BCUT2D eigenvalue weighted by atomic mass is 16.5. The number of hydrogen-bond donors (Lipinski definition) is 1. The van der Waals surface area contributed by atoms with Gasteiger partial charge in [0, 0.05) is 36.6 Å². The van der Waals surface area contributed by atoms with Crippen molar-refractivity contribution >= 4 is 16.8 Å². The maximum absolute atomic E-state index is 12.8. The zero-order chi connectivity index (χ0) is 20.8. The number of rotatable bonds is 8. The van der Waals surface area contributed by atoms with E-state index in [-0.39, 0.29) is 0 Å². The van der Waals surface area contributed by atoms with E-state index in [2.05, 4.69) is 58.5 Å². The van der Waals surface area contributed by atoms with Crippen LogP contribution in [0.1, 0.15) is 43.7 Å². The quantitative estimate of drug-likeness (QED) is 0.548. The highest BCUT2D eigenvalue weighted by Gasteiger charge is 2.23. The fraction of sp³-hybridized carbons (Fsp3) is 0.423. The summed E-state index contributed by atoms with van der Waals surface area (Å²) in [6, 6.07) is 16.8. The third kappa shape index (κ3) is 5.05. The monoisotopic (exact) mass is 404 g/mol. The minimum absolute atomic E-state index is 0.308. The summed E-state index contributed by atoms with van der Waals surface area (Å²) in [4.78, 5) is 18.3. The molecule has 1 unspecified atom stereocenters. The number of likely N-dealkylation sites (tertiary alicyclic amines) is 1. The van der Waals surface area contributed by atoms with Gasteiger partial charge in [-0.05, 0) is 74.3 Å². The molecule has 1 aromatic heterocycles. The van der Waals surface area contributed by atoms with Crippen LogP contribution >= 0.6 is 0 Å². The van der Waals surface area contributed by atoms with Gasteiger partial charge in [-0.25, -0.2) is 0 Å². The number of H-pyrrole nitrogens is 1. The fourth-order valence-electron chi connectivity index (χ4n) is 4.61. The highest BCUT2D eigenvalue weighted by molar-refractivity contribution is 5.84. The molecule has 4 rings (SSSR count). The van der Waals surface area contributed by atoms with Crippen LogP contribution in [0.5, 0.6) is 5.75 Å². The van der Waals surface area contributed by atoms with Crippen LogP contribution in [0.2, 0.25) is 0 Å². The first-order chi connectivity index (χ1) is 14.7. The van der Waals surface area contributed by atoms with Crippen molar-refractivity contribution in [3.63, 3.8) is 0 Å². The molecule has 1 saturated heterocycles. The summed E-state index contributed by atoms with van der Waals surface area (Å²) >= 11 is 0. The van der Waals surface area contributed by atoms with Gasteiger partial charge in [-0.2, -0.15) is 0 Å². The number of nitrogens with zero attached hydrogens (tertiary/aromatic N) is 1. The molecule has 0 radical (unpaired) electrons. The molecule has 1 aliphatic rings. The molecule has 2 aromatic carbocycles. The molecular formula is C26H32N2O2. The minimum atomic E-state index is 0.308. The van der Waals surface area contributed by atoms with E-state index in [0.717, 1.165) is 50.0 Å². The van der Waals surface area contributed by atoms with Crippen LogP contribution in [0.3, 0.4) is 0 Å². The first-order valence-corrected chi connectivity index (χ1v) is 11.3. The Morgan fingerprint density at radius 3 is 2.90 bits per heavy atom. The molecular weight excluding hydrogens is 372 g/mol. The second-order valence-corrected chi connectivity index (χ2v) is 8.35. The first kappa shape index (κ1) is 20.5. The van der Waals surface area contributed by atoms with Gasteiger partial charge in [0.1, 0.15) is 5.75 Å². The molecule has 3 aromatic rings. The SMILES string of the molecule is CCOc1ccc2[nH]cc(CCCC(=O)N3CCCC(Cc4ccccc4)C3)c2c1. The largest absolute Gasteiger partial charge is 0.494 e. The number of aryl methyl sites for hydroxylation is 1. The lowest BCUT2D eigenvalue weighted by Gasteiger charge is -2.33. The van der Waals surface area contributed by atoms with Crippen molar-refractivity contribution in [2.45, 2.75) is 45.4 Å². The smallest absolute Gasteiger partial charge is 0.222 e. The van der Waals surface area contributed by atoms with Crippen LogP contribution in [0.4, 0.5) is 0 Å². The number of ether oxygens (including phenoxy) is 1. The number of aromatic amines is 1. The number of benzene rings is 2.